The molecule has 0 radical (unpaired) electrons. The number of nitrogens with one attached hydrogen (secondary N) is 1. The summed E-state index contributed by atoms with van der Waals surface area (Å²) in [6.07, 6.45) is 3.26. The number of benzene rings is 1. The molecule has 0 unspecified atom stereocenters. The third-order valence-electron chi connectivity index (χ3n) is 6.36. The van der Waals surface area contributed by atoms with Gasteiger partial charge in [0, 0.05) is 49.4 Å². The van der Waals surface area contributed by atoms with Gasteiger partial charge < -0.3 is 10.2 Å². The molecule has 172 valence electrons. The first-order valence-electron chi connectivity index (χ1n) is 11.2. The second-order valence-corrected chi connectivity index (χ2v) is 11.0. The topological polar surface area (TPSA) is 95.5 Å². The number of anilines is 2. The number of hydrogen-bond acceptors (Lipinski definition) is 6. The predicted octanol–water partition coefficient (Wildman–Crippen LogP) is 2.95. The van der Waals surface area contributed by atoms with Crippen molar-refractivity contribution in [3.8, 4) is 0 Å². The minimum absolute atomic E-state index is 0.0892. The van der Waals surface area contributed by atoms with Gasteiger partial charge in [0.05, 0.1) is 11.4 Å². The van der Waals surface area contributed by atoms with Gasteiger partial charge in [0.25, 0.3) is 5.91 Å². The van der Waals surface area contributed by atoms with Gasteiger partial charge in [0.2, 0.25) is 10.0 Å². The van der Waals surface area contributed by atoms with Crippen LogP contribution in [0.4, 0.5) is 11.5 Å². The minimum Gasteiger partial charge on any atom is -0.373 e. The molecular formula is C23H31N5O3S. The third-order valence-corrected chi connectivity index (χ3v) is 8.23. The number of amides is 1. The summed E-state index contributed by atoms with van der Waals surface area (Å²) in [4.78, 5) is 24.6. The SMILES string of the molecule is CNc1cc(C)nc([C@]2(C)CCCN(C(=O)c3cccc(N4CCCCS4(=O)=O)c3)C2)n1. The molecule has 1 amide bonds. The van der Waals surface area contributed by atoms with Gasteiger partial charge in [-0.25, -0.2) is 18.4 Å². The first-order valence-corrected chi connectivity index (χ1v) is 12.8. The standard InChI is InChI=1S/C23H31N5O3S/c1-17-14-20(24-3)26-22(25-17)23(2)10-7-11-27(16-23)21(29)18-8-6-9-19(15-18)28-12-4-5-13-32(28,30)31/h6,8-9,14-15H,4-5,7,10-13,16H2,1-3H3,(H,24,25,26)/t23-/m1/s1. The van der Waals surface area contributed by atoms with Gasteiger partial charge in [0.15, 0.2) is 0 Å². The lowest BCUT2D eigenvalue weighted by atomic mass is 9.80. The second-order valence-electron chi connectivity index (χ2n) is 9.00. The molecule has 32 heavy (non-hydrogen) atoms. The molecule has 1 atom stereocenters. The number of likely N-dealkylation sites (tertiary alicyclic amines) is 1. The molecule has 4 rings (SSSR count). The van der Waals surface area contributed by atoms with E-state index in [1.54, 1.807) is 24.3 Å². The fourth-order valence-electron chi connectivity index (χ4n) is 4.62. The maximum absolute atomic E-state index is 13.4. The van der Waals surface area contributed by atoms with Crippen molar-refractivity contribution >= 4 is 27.4 Å². The molecule has 1 aromatic carbocycles. The maximum atomic E-state index is 13.4. The van der Waals surface area contributed by atoms with Crippen molar-refractivity contribution in [1.82, 2.24) is 14.9 Å². The average Bonchev–Trinajstić information content (AvgIpc) is 2.78. The molecular weight excluding hydrogens is 426 g/mol. The van der Waals surface area contributed by atoms with Gasteiger partial charge in [-0.15, -0.1) is 0 Å². The van der Waals surface area contributed by atoms with Crippen LogP contribution < -0.4 is 9.62 Å². The largest absolute Gasteiger partial charge is 0.373 e. The Hall–Kier alpha value is -2.68. The lowest BCUT2D eigenvalue weighted by molar-refractivity contribution is 0.0644. The fraction of sp³-hybridized carbons (Fsp3) is 0.522. The summed E-state index contributed by atoms with van der Waals surface area (Å²) < 4.78 is 26.4. The predicted molar refractivity (Wildman–Crippen MR) is 126 cm³/mol. The summed E-state index contributed by atoms with van der Waals surface area (Å²) in [6.45, 7) is 5.69. The number of hydrogen-bond donors (Lipinski definition) is 1. The molecule has 0 bridgehead atoms. The van der Waals surface area contributed by atoms with Gasteiger partial charge in [-0.2, -0.15) is 0 Å². The van der Waals surface area contributed by atoms with Crippen LogP contribution in [0.1, 0.15) is 54.5 Å². The molecule has 0 aliphatic carbocycles. The van der Waals surface area contributed by atoms with Crippen LogP contribution in [0.25, 0.3) is 0 Å². The van der Waals surface area contributed by atoms with E-state index in [2.05, 4.69) is 22.2 Å². The Labute approximate surface area is 190 Å². The molecule has 2 aromatic rings. The lowest BCUT2D eigenvalue weighted by Gasteiger charge is -2.39. The number of piperidine rings is 1. The van der Waals surface area contributed by atoms with Crippen LogP contribution in [0.5, 0.6) is 0 Å². The van der Waals surface area contributed by atoms with Crippen molar-refractivity contribution in [1.29, 1.82) is 0 Å². The monoisotopic (exact) mass is 457 g/mol. The maximum Gasteiger partial charge on any atom is 0.253 e. The van der Waals surface area contributed by atoms with Crippen LogP contribution in [-0.2, 0) is 15.4 Å². The molecule has 8 nitrogen and oxygen atoms in total. The zero-order chi connectivity index (χ0) is 22.9. The number of carbonyl (C=O) groups is 1. The number of carbonyl (C=O) groups excluding carboxylic acids is 1. The number of sulfonamides is 1. The second kappa shape index (κ2) is 8.69. The van der Waals surface area contributed by atoms with Crippen molar-refractivity contribution in [2.45, 2.75) is 44.9 Å². The van der Waals surface area contributed by atoms with Crippen molar-refractivity contribution in [2.75, 3.05) is 42.1 Å². The molecule has 0 saturated carbocycles. The highest BCUT2D eigenvalue weighted by atomic mass is 32.2. The van der Waals surface area contributed by atoms with Gasteiger partial charge in [-0.1, -0.05) is 13.0 Å². The summed E-state index contributed by atoms with van der Waals surface area (Å²) in [5, 5.41) is 3.08. The highest BCUT2D eigenvalue weighted by Crippen LogP contribution is 2.33. The molecule has 9 heteroatoms. The van der Waals surface area contributed by atoms with Gasteiger partial charge in [0.1, 0.15) is 11.6 Å². The quantitative estimate of drug-likeness (QED) is 0.758. The zero-order valence-corrected chi connectivity index (χ0v) is 19.8. The van der Waals surface area contributed by atoms with Crippen molar-refractivity contribution in [2.24, 2.45) is 0 Å². The smallest absolute Gasteiger partial charge is 0.253 e. The summed E-state index contributed by atoms with van der Waals surface area (Å²) in [5.41, 5.74) is 1.61. The number of aromatic nitrogens is 2. The molecule has 0 spiro atoms. The summed E-state index contributed by atoms with van der Waals surface area (Å²) in [7, 11) is -1.49. The molecule has 1 aromatic heterocycles. The highest BCUT2D eigenvalue weighted by Gasteiger charge is 2.38. The molecule has 1 N–H and O–H groups in total. The van der Waals surface area contributed by atoms with Crippen molar-refractivity contribution in [3.63, 3.8) is 0 Å². The third kappa shape index (κ3) is 4.44. The number of aryl methyl sites for hydroxylation is 1. The summed E-state index contributed by atoms with van der Waals surface area (Å²) in [6, 6.07) is 8.90. The Morgan fingerprint density at radius 3 is 2.69 bits per heavy atom. The van der Waals surface area contributed by atoms with Crippen LogP contribution in [0.3, 0.4) is 0 Å². The van der Waals surface area contributed by atoms with Crippen LogP contribution in [0.2, 0.25) is 0 Å². The lowest BCUT2D eigenvalue weighted by Crippen LogP contribution is -2.48. The van der Waals surface area contributed by atoms with E-state index in [9.17, 15) is 13.2 Å². The van der Waals surface area contributed by atoms with Crippen LogP contribution in [-0.4, -0.2) is 61.6 Å². The van der Waals surface area contributed by atoms with E-state index < -0.39 is 10.0 Å². The molecule has 2 fully saturated rings. The van der Waals surface area contributed by atoms with Gasteiger partial charge in [-0.05, 0) is 50.8 Å². The molecule has 2 saturated heterocycles. The first-order chi connectivity index (χ1) is 15.2. The van der Waals surface area contributed by atoms with E-state index >= 15 is 0 Å². The number of rotatable bonds is 4. The van der Waals surface area contributed by atoms with Crippen molar-refractivity contribution in [3.05, 3.63) is 47.4 Å². The van der Waals surface area contributed by atoms with E-state index in [4.69, 9.17) is 0 Å². The molecule has 3 heterocycles. The summed E-state index contributed by atoms with van der Waals surface area (Å²) in [5.74, 6) is 1.58. The Balaban J connectivity index is 1.58. The average molecular weight is 458 g/mol. The van der Waals surface area contributed by atoms with E-state index in [0.717, 1.165) is 36.6 Å². The van der Waals surface area contributed by atoms with E-state index in [1.165, 1.54) is 4.31 Å². The Bertz CT molecular complexity index is 1120. The molecule has 2 aliphatic heterocycles. The minimum atomic E-state index is -3.32. The van der Waals surface area contributed by atoms with Crippen LogP contribution in [0, 0.1) is 6.92 Å². The Morgan fingerprint density at radius 2 is 1.94 bits per heavy atom. The normalized spacial score (nSPS) is 23.1. The Kier molecular flexibility index (Phi) is 6.11. The van der Waals surface area contributed by atoms with Gasteiger partial charge in [-0.3, -0.25) is 9.10 Å². The van der Waals surface area contributed by atoms with Crippen molar-refractivity contribution < 1.29 is 13.2 Å². The van der Waals surface area contributed by atoms with Crippen LogP contribution >= 0.6 is 0 Å². The zero-order valence-electron chi connectivity index (χ0n) is 19.0. The van der Waals surface area contributed by atoms with E-state index in [0.29, 0.717) is 37.3 Å². The van der Waals surface area contributed by atoms with E-state index in [1.807, 2.05) is 24.9 Å². The van der Waals surface area contributed by atoms with Crippen LogP contribution in [0.15, 0.2) is 30.3 Å². The first kappa shape index (κ1) is 22.5. The molecule has 2 aliphatic rings. The number of nitrogens with zero attached hydrogens (tertiary/aromatic N) is 4. The van der Waals surface area contributed by atoms with E-state index in [-0.39, 0.29) is 17.1 Å². The van der Waals surface area contributed by atoms with Gasteiger partial charge >= 0.3 is 0 Å². The highest BCUT2D eigenvalue weighted by molar-refractivity contribution is 7.92. The fourth-order valence-corrected chi connectivity index (χ4v) is 6.25. The Morgan fingerprint density at radius 1 is 1.12 bits per heavy atom. The summed E-state index contributed by atoms with van der Waals surface area (Å²) >= 11 is 0.